The number of pyridine rings is 2. The van der Waals surface area contributed by atoms with Gasteiger partial charge in [0.05, 0.1) is 13.7 Å². The first-order valence-electron chi connectivity index (χ1n) is 7.17. The van der Waals surface area contributed by atoms with E-state index in [0.29, 0.717) is 17.8 Å². The van der Waals surface area contributed by atoms with Gasteiger partial charge in [-0.1, -0.05) is 12.1 Å². The van der Waals surface area contributed by atoms with Crippen LogP contribution >= 0.6 is 0 Å². The number of fused-ring (bicyclic) bond motifs is 1. The van der Waals surface area contributed by atoms with E-state index in [1.54, 1.807) is 30.9 Å². The van der Waals surface area contributed by atoms with Gasteiger partial charge < -0.3 is 4.74 Å². The second-order valence-corrected chi connectivity index (χ2v) is 5.23. The number of methoxy groups -OCH3 is 1. The molecule has 0 aliphatic heterocycles. The molecule has 23 heavy (non-hydrogen) atoms. The minimum Gasteiger partial charge on any atom is -0.497 e. The summed E-state index contributed by atoms with van der Waals surface area (Å²) in [6, 6.07) is 13.2. The Bertz CT molecular complexity index is 966. The molecule has 0 amide bonds. The van der Waals surface area contributed by atoms with Crippen LogP contribution < -0.4 is 10.3 Å². The van der Waals surface area contributed by atoms with Gasteiger partial charge in [-0.3, -0.25) is 9.36 Å². The molecule has 3 aromatic rings. The molecule has 0 aliphatic rings. The van der Waals surface area contributed by atoms with E-state index in [9.17, 15) is 10.1 Å². The Morgan fingerprint density at radius 2 is 2.00 bits per heavy atom. The SMILES string of the molecule is COc1ccc(Cn2c(=O)c(C#N)c(C)c3cccnc32)cc1. The number of hydrogen-bond donors (Lipinski definition) is 0. The van der Waals surface area contributed by atoms with Crippen molar-refractivity contribution in [2.45, 2.75) is 13.5 Å². The maximum Gasteiger partial charge on any atom is 0.270 e. The van der Waals surface area contributed by atoms with E-state index in [-0.39, 0.29) is 11.1 Å². The molecule has 0 bridgehead atoms. The second kappa shape index (κ2) is 5.93. The fourth-order valence-electron chi connectivity index (χ4n) is 2.62. The zero-order chi connectivity index (χ0) is 16.4. The lowest BCUT2D eigenvalue weighted by atomic mass is 10.1. The van der Waals surface area contributed by atoms with Crippen molar-refractivity contribution in [1.29, 1.82) is 5.26 Å². The van der Waals surface area contributed by atoms with Crippen LogP contribution in [-0.4, -0.2) is 16.7 Å². The van der Waals surface area contributed by atoms with Gasteiger partial charge in [-0.25, -0.2) is 4.98 Å². The lowest BCUT2D eigenvalue weighted by molar-refractivity contribution is 0.414. The molecule has 0 atom stereocenters. The van der Waals surface area contributed by atoms with Crippen molar-refractivity contribution < 1.29 is 4.74 Å². The van der Waals surface area contributed by atoms with Gasteiger partial charge in [-0.05, 0) is 42.3 Å². The average molecular weight is 305 g/mol. The van der Waals surface area contributed by atoms with E-state index < -0.39 is 0 Å². The highest BCUT2D eigenvalue weighted by Crippen LogP contribution is 2.18. The molecule has 2 aromatic heterocycles. The van der Waals surface area contributed by atoms with Crippen molar-refractivity contribution in [3.63, 3.8) is 0 Å². The Labute approximate surface area is 133 Å². The van der Waals surface area contributed by atoms with Crippen molar-refractivity contribution in [3.8, 4) is 11.8 Å². The van der Waals surface area contributed by atoms with Crippen LogP contribution in [0.3, 0.4) is 0 Å². The van der Waals surface area contributed by atoms with Crippen molar-refractivity contribution in [3.05, 3.63) is 69.6 Å². The molecule has 0 spiro atoms. The van der Waals surface area contributed by atoms with Gasteiger partial charge in [0.2, 0.25) is 0 Å². The Balaban J connectivity index is 2.20. The summed E-state index contributed by atoms with van der Waals surface area (Å²) in [5, 5.41) is 10.1. The summed E-state index contributed by atoms with van der Waals surface area (Å²) in [5.74, 6) is 0.755. The quantitative estimate of drug-likeness (QED) is 0.746. The normalized spacial score (nSPS) is 10.5. The minimum absolute atomic E-state index is 0.166. The van der Waals surface area contributed by atoms with Gasteiger partial charge in [-0.15, -0.1) is 0 Å². The molecule has 0 unspecified atom stereocenters. The molecule has 0 aliphatic carbocycles. The van der Waals surface area contributed by atoms with E-state index in [0.717, 1.165) is 16.7 Å². The molecular weight excluding hydrogens is 290 g/mol. The molecular formula is C18H15N3O2. The highest BCUT2D eigenvalue weighted by molar-refractivity contribution is 5.81. The van der Waals surface area contributed by atoms with Crippen LogP contribution in [0.1, 0.15) is 16.7 Å². The van der Waals surface area contributed by atoms with Crippen molar-refractivity contribution >= 4 is 11.0 Å². The molecule has 0 saturated heterocycles. The Morgan fingerprint density at radius 3 is 2.65 bits per heavy atom. The van der Waals surface area contributed by atoms with Crippen LogP contribution in [0.4, 0.5) is 0 Å². The summed E-state index contributed by atoms with van der Waals surface area (Å²) >= 11 is 0. The molecule has 1 aromatic carbocycles. The zero-order valence-electron chi connectivity index (χ0n) is 12.9. The first-order chi connectivity index (χ1) is 11.2. The second-order valence-electron chi connectivity index (χ2n) is 5.23. The topological polar surface area (TPSA) is 67.9 Å². The average Bonchev–Trinajstić information content (AvgIpc) is 2.59. The molecule has 0 fully saturated rings. The van der Waals surface area contributed by atoms with Gasteiger partial charge in [0.25, 0.3) is 5.56 Å². The van der Waals surface area contributed by atoms with Gasteiger partial charge in [-0.2, -0.15) is 5.26 Å². The maximum absolute atomic E-state index is 12.6. The van der Waals surface area contributed by atoms with Gasteiger partial charge in [0, 0.05) is 11.6 Å². The number of aromatic nitrogens is 2. The van der Waals surface area contributed by atoms with E-state index >= 15 is 0 Å². The first-order valence-corrected chi connectivity index (χ1v) is 7.17. The van der Waals surface area contributed by atoms with Crippen LogP contribution in [0.25, 0.3) is 11.0 Å². The Hall–Kier alpha value is -3.13. The highest BCUT2D eigenvalue weighted by atomic mass is 16.5. The summed E-state index contributed by atoms with van der Waals surface area (Å²) in [4.78, 5) is 17.0. The fourth-order valence-corrected chi connectivity index (χ4v) is 2.62. The first kappa shape index (κ1) is 14.8. The predicted molar refractivity (Wildman–Crippen MR) is 87.6 cm³/mol. The smallest absolute Gasteiger partial charge is 0.270 e. The van der Waals surface area contributed by atoms with Crippen LogP contribution in [0.5, 0.6) is 5.75 Å². The summed E-state index contributed by atoms with van der Waals surface area (Å²) in [5.41, 5.74) is 2.05. The number of rotatable bonds is 3. The van der Waals surface area contributed by atoms with Crippen molar-refractivity contribution in [2.24, 2.45) is 0 Å². The number of benzene rings is 1. The standard InChI is InChI=1S/C18H15N3O2/c1-12-15-4-3-9-20-17(15)21(18(22)16(12)10-19)11-13-5-7-14(23-2)8-6-13/h3-9H,11H2,1-2H3. The maximum atomic E-state index is 12.6. The largest absolute Gasteiger partial charge is 0.497 e. The van der Waals surface area contributed by atoms with E-state index in [1.807, 2.05) is 36.4 Å². The van der Waals surface area contributed by atoms with Crippen LogP contribution in [0.2, 0.25) is 0 Å². The molecule has 0 saturated carbocycles. The minimum atomic E-state index is -0.313. The van der Waals surface area contributed by atoms with E-state index in [1.165, 1.54) is 0 Å². The Kier molecular flexibility index (Phi) is 3.82. The number of nitriles is 1. The fraction of sp³-hybridized carbons (Fsp3) is 0.167. The predicted octanol–water partition coefficient (Wildman–Crippen LogP) is 2.63. The Morgan fingerprint density at radius 1 is 1.26 bits per heavy atom. The van der Waals surface area contributed by atoms with Crippen LogP contribution in [0.15, 0.2) is 47.4 Å². The van der Waals surface area contributed by atoms with Crippen molar-refractivity contribution in [2.75, 3.05) is 7.11 Å². The molecule has 3 rings (SSSR count). The van der Waals surface area contributed by atoms with Gasteiger partial charge in [0.15, 0.2) is 0 Å². The third kappa shape index (κ3) is 2.55. The number of nitrogens with zero attached hydrogens (tertiary/aromatic N) is 3. The molecule has 114 valence electrons. The van der Waals surface area contributed by atoms with Gasteiger partial charge in [0.1, 0.15) is 23.0 Å². The summed E-state index contributed by atoms with van der Waals surface area (Å²) < 4.78 is 6.69. The summed E-state index contributed by atoms with van der Waals surface area (Å²) in [6.07, 6.45) is 1.65. The molecule has 5 heteroatoms. The number of ether oxygens (including phenoxy) is 1. The molecule has 0 N–H and O–H groups in total. The molecule has 0 radical (unpaired) electrons. The number of hydrogen-bond acceptors (Lipinski definition) is 4. The van der Waals surface area contributed by atoms with E-state index in [4.69, 9.17) is 4.74 Å². The van der Waals surface area contributed by atoms with Crippen LogP contribution in [-0.2, 0) is 6.54 Å². The summed E-state index contributed by atoms with van der Waals surface area (Å²) in [7, 11) is 1.61. The lowest BCUT2D eigenvalue weighted by Crippen LogP contribution is -2.25. The third-order valence-corrected chi connectivity index (χ3v) is 3.89. The lowest BCUT2D eigenvalue weighted by Gasteiger charge is -2.12. The monoisotopic (exact) mass is 305 g/mol. The molecule has 2 heterocycles. The highest BCUT2D eigenvalue weighted by Gasteiger charge is 2.14. The third-order valence-electron chi connectivity index (χ3n) is 3.89. The number of aryl methyl sites for hydroxylation is 1. The zero-order valence-corrected chi connectivity index (χ0v) is 12.9. The summed E-state index contributed by atoms with van der Waals surface area (Å²) in [6.45, 7) is 2.13. The van der Waals surface area contributed by atoms with E-state index in [2.05, 4.69) is 4.98 Å². The van der Waals surface area contributed by atoms with Crippen molar-refractivity contribution in [1.82, 2.24) is 9.55 Å². The van der Waals surface area contributed by atoms with Crippen LogP contribution in [0, 0.1) is 18.3 Å². The van der Waals surface area contributed by atoms with Gasteiger partial charge >= 0.3 is 0 Å². The molecule has 5 nitrogen and oxygen atoms in total.